The fraction of sp³-hybridized carbons (Fsp3) is 0.333. The summed E-state index contributed by atoms with van der Waals surface area (Å²) in [4.78, 5) is 15.3. The van der Waals surface area contributed by atoms with Gasteiger partial charge in [-0.05, 0) is 26.3 Å². The molecule has 0 N–H and O–H groups in total. The maximum absolute atomic E-state index is 13.4. The maximum atomic E-state index is 13.4. The fourth-order valence-corrected chi connectivity index (χ4v) is 3.87. The number of hydrogen-bond donors (Lipinski definition) is 0. The molecule has 0 saturated carbocycles. The number of ether oxygens (including phenoxy) is 1. The molecule has 29 heavy (non-hydrogen) atoms. The van der Waals surface area contributed by atoms with Gasteiger partial charge in [-0.1, -0.05) is 60.2 Å². The van der Waals surface area contributed by atoms with Gasteiger partial charge in [0, 0.05) is 24.8 Å². The van der Waals surface area contributed by atoms with Gasteiger partial charge >= 0.3 is 0 Å². The summed E-state index contributed by atoms with van der Waals surface area (Å²) < 4.78 is 7.67. The molecular weight excluding hydrogens is 362 g/mol. The van der Waals surface area contributed by atoms with Gasteiger partial charge in [0.05, 0.1) is 24.3 Å². The molecule has 2 atom stereocenters. The molecule has 1 saturated heterocycles. The molecule has 5 nitrogen and oxygen atoms in total. The molecule has 5 heteroatoms. The predicted octanol–water partition coefficient (Wildman–Crippen LogP) is 4.16. The molecule has 1 amide bonds. The minimum absolute atomic E-state index is 0.0156. The standard InChI is InChI=1S/C24H27N3O2/c1-17-9-11-21(12-10-17)23-22(24(28)26-13-18(2)29-19(3)14-26)16-27(25-23)15-20-7-5-4-6-8-20/h4-12,16,18-19H,13-15H2,1-3H3. The normalized spacial score (nSPS) is 19.3. The van der Waals surface area contributed by atoms with Crippen molar-refractivity contribution in [3.63, 3.8) is 0 Å². The number of carbonyl (C=O) groups is 1. The number of rotatable bonds is 4. The third-order valence-electron chi connectivity index (χ3n) is 5.21. The zero-order valence-electron chi connectivity index (χ0n) is 17.2. The van der Waals surface area contributed by atoms with E-state index >= 15 is 0 Å². The van der Waals surface area contributed by atoms with E-state index in [9.17, 15) is 4.79 Å². The van der Waals surface area contributed by atoms with Crippen molar-refractivity contribution in [3.8, 4) is 11.3 Å². The first-order chi connectivity index (χ1) is 14.0. The zero-order valence-corrected chi connectivity index (χ0v) is 17.2. The Morgan fingerprint density at radius 2 is 1.69 bits per heavy atom. The highest BCUT2D eigenvalue weighted by molar-refractivity contribution is 6.00. The average molecular weight is 389 g/mol. The third kappa shape index (κ3) is 4.40. The van der Waals surface area contributed by atoms with Gasteiger partial charge in [-0.25, -0.2) is 0 Å². The van der Waals surface area contributed by atoms with Crippen LogP contribution in [-0.4, -0.2) is 45.9 Å². The van der Waals surface area contributed by atoms with E-state index in [2.05, 4.69) is 31.2 Å². The molecule has 2 aromatic carbocycles. The molecule has 3 aromatic rings. The molecule has 2 heterocycles. The highest BCUT2D eigenvalue weighted by Gasteiger charge is 2.29. The second-order valence-corrected chi connectivity index (χ2v) is 7.91. The van der Waals surface area contributed by atoms with E-state index in [1.807, 2.05) is 60.0 Å². The minimum atomic E-state index is 0.0156. The Morgan fingerprint density at radius 1 is 1.03 bits per heavy atom. The lowest BCUT2D eigenvalue weighted by atomic mass is 10.1. The molecule has 4 rings (SSSR count). The smallest absolute Gasteiger partial charge is 0.257 e. The Morgan fingerprint density at radius 3 is 2.34 bits per heavy atom. The van der Waals surface area contributed by atoms with Crippen molar-refractivity contribution in [2.45, 2.75) is 39.5 Å². The molecule has 0 spiro atoms. The Labute approximate surface area is 171 Å². The molecular formula is C24H27N3O2. The Bertz CT molecular complexity index is 969. The second-order valence-electron chi connectivity index (χ2n) is 7.91. The summed E-state index contributed by atoms with van der Waals surface area (Å²) in [6.07, 6.45) is 1.95. The van der Waals surface area contributed by atoms with Crippen LogP contribution in [0.3, 0.4) is 0 Å². The SMILES string of the molecule is Cc1ccc(-c2nn(Cc3ccccc3)cc2C(=O)N2CC(C)OC(C)C2)cc1. The number of carbonyl (C=O) groups excluding carboxylic acids is 1. The molecule has 1 fully saturated rings. The minimum Gasteiger partial charge on any atom is -0.372 e. The number of morpholine rings is 1. The summed E-state index contributed by atoms with van der Waals surface area (Å²) in [7, 11) is 0. The zero-order chi connectivity index (χ0) is 20.4. The molecule has 1 aliphatic rings. The van der Waals surface area contributed by atoms with Crippen LogP contribution in [0.15, 0.2) is 60.8 Å². The van der Waals surface area contributed by atoms with Gasteiger partial charge in [0.1, 0.15) is 5.69 Å². The fourth-order valence-electron chi connectivity index (χ4n) is 3.87. The maximum Gasteiger partial charge on any atom is 0.257 e. The van der Waals surface area contributed by atoms with Crippen molar-refractivity contribution >= 4 is 5.91 Å². The molecule has 0 aliphatic carbocycles. The third-order valence-corrected chi connectivity index (χ3v) is 5.21. The lowest BCUT2D eigenvalue weighted by Crippen LogP contribution is -2.48. The van der Waals surface area contributed by atoms with Gasteiger partial charge in [-0.3, -0.25) is 9.48 Å². The summed E-state index contributed by atoms with van der Waals surface area (Å²) in [5.74, 6) is 0.0156. The number of benzene rings is 2. The van der Waals surface area contributed by atoms with Crippen LogP contribution in [0.2, 0.25) is 0 Å². The second kappa shape index (κ2) is 8.21. The van der Waals surface area contributed by atoms with Gasteiger partial charge in [0.15, 0.2) is 0 Å². The van der Waals surface area contributed by atoms with Gasteiger partial charge in [-0.2, -0.15) is 5.10 Å². The Hall–Kier alpha value is -2.92. The van der Waals surface area contributed by atoms with E-state index in [0.29, 0.717) is 25.2 Å². The van der Waals surface area contributed by atoms with E-state index in [1.54, 1.807) is 0 Å². The summed E-state index contributed by atoms with van der Waals surface area (Å²) in [5, 5.41) is 4.80. The average Bonchev–Trinajstić information content (AvgIpc) is 3.11. The van der Waals surface area contributed by atoms with Crippen molar-refractivity contribution in [1.82, 2.24) is 14.7 Å². The molecule has 1 aromatic heterocycles. The summed E-state index contributed by atoms with van der Waals surface area (Å²) in [6.45, 7) is 7.90. The lowest BCUT2D eigenvalue weighted by molar-refractivity contribution is -0.0586. The van der Waals surface area contributed by atoms with Crippen LogP contribution >= 0.6 is 0 Å². The number of amides is 1. The van der Waals surface area contributed by atoms with E-state index in [4.69, 9.17) is 9.84 Å². The van der Waals surface area contributed by atoms with Gasteiger partial charge < -0.3 is 9.64 Å². The van der Waals surface area contributed by atoms with Crippen LogP contribution in [0.1, 0.15) is 35.3 Å². The highest BCUT2D eigenvalue weighted by atomic mass is 16.5. The van der Waals surface area contributed by atoms with Gasteiger partial charge in [0.2, 0.25) is 0 Å². The molecule has 0 bridgehead atoms. The van der Waals surface area contributed by atoms with E-state index in [1.165, 1.54) is 5.56 Å². The molecule has 1 aliphatic heterocycles. The number of nitrogens with zero attached hydrogens (tertiary/aromatic N) is 3. The van der Waals surface area contributed by atoms with Crippen LogP contribution in [0, 0.1) is 6.92 Å². The topological polar surface area (TPSA) is 47.4 Å². The molecule has 2 unspecified atom stereocenters. The van der Waals surface area contributed by atoms with Crippen molar-refractivity contribution in [3.05, 3.63) is 77.5 Å². The van der Waals surface area contributed by atoms with Gasteiger partial charge in [-0.15, -0.1) is 0 Å². The highest BCUT2D eigenvalue weighted by Crippen LogP contribution is 2.25. The lowest BCUT2D eigenvalue weighted by Gasteiger charge is -2.35. The van der Waals surface area contributed by atoms with Crippen LogP contribution in [0.5, 0.6) is 0 Å². The number of aromatic nitrogens is 2. The van der Waals surface area contributed by atoms with Crippen LogP contribution in [0.25, 0.3) is 11.3 Å². The van der Waals surface area contributed by atoms with Crippen molar-refractivity contribution in [2.75, 3.05) is 13.1 Å². The van der Waals surface area contributed by atoms with E-state index < -0.39 is 0 Å². The first-order valence-electron chi connectivity index (χ1n) is 10.1. The number of aryl methyl sites for hydroxylation is 1. The molecule has 150 valence electrons. The predicted molar refractivity (Wildman–Crippen MR) is 114 cm³/mol. The Kier molecular flexibility index (Phi) is 5.49. The van der Waals surface area contributed by atoms with E-state index in [0.717, 1.165) is 16.8 Å². The van der Waals surface area contributed by atoms with E-state index in [-0.39, 0.29) is 18.1 Å². The molecule has 0 radical (unpaired) electrons. The van der Waals surface area contributed by atoms with Crippen LogP contribution < -0.4 is 0 Å². The summed E-state index contributed by atoms with van der Waals surface area (Å²) in [5.41, 5.74) is 4.67. The summed E-state index contributed by atoms with van der Waals surface area (Å²) in [6, 6.07) is 18.3. The first-order valence-corrected chi connectivity index (χ1v) is 10.1. The van der Waals surface area contributed by atoms with Gasteiger partial charge in [0.25, 0.3) is 5.91 Å². The monoisotopic (exact) mass is 389 g/mol. The summed E-state index contributed by atoms with van der Waals surface area (Å²) >= 11 is 0. The first kappa shape index (κ1) is 19.4. The largest absolute Gasteiger partial charge is 0.372 e. The Balaban J connectivity index is 1.70. The number of hydrogen-bond acceptors (Lipinski definition) is 3. The van der Waals surface area contributed by atoms with Crippen molar-refractivity contribution < 1.29 is 9.53 Å². The van der Waals surface area contributed by atoms with Crippen molar-refractivity contribution in [2.24, 2.45) is 0 Å². The van der Waals surface area contributed by atoms with Crippen LogP contribution in [-0.2, 0) is 11.3 Å². The van der Waals surface area contributed by atoms with Crippen LogP contribution in [0.4, 0.5) is 0 Å². The quantitative estimate of drug-likeness (QED) is 0.673. The van der Waals surface area contributed by atoms with Crippen molar-refractivity contribution in [1.29, 1.82) is 0 Å².